The molecule has 5 heteroatoms. The second-order valence-corrected chi connectivity index (χ2v) is 6.41. The summed E-state index contributed by atoms with van der Waals surface area (Å²) in [6.45, 7) is 5.02. The Morgan fingerprint density at radius 3 is 2.62 bits per heavy atom. The number of rotatable bonds is 8. The zero-order valence-corrected chi connectivity index (χ0v) is 15.2. The van der Waals surface area contributed by atoms with Crippen molar-refractivity contribution in [2.75, 3.05) is 32.8 Å². The molecule has 1 aliphatic rings. The SMILES string of the molecule is CCN(CC(=O)NCCc1ccccc1)CC1COc2ccccc2O1. The van der Waals surface area contributed by atoms with Crippen LogP contribution in [0.5, 0.6) is 11.5 Å². The first kappa shape index (κ1) is 18.3. The lowest BCUT2D eigenvalue weighted by atomic mass is 10.1. The first-order valence-corrected chi connectivity index (χ1v) is 9.16. The summed E-state index contributed by atoms with van der Waals surface area (Å²) in [5.41, 5.74) is 1.23. The molecule has 0 aromatic heterocycles. The molecule has 0 saturated heterocycles. The molecule has 3 rings (SSSR count). The highest BCUT2D eigenvalue weighted by atomic mass is 16.6. The van der Waals surface area contributed by atoms with E-state index < -0.39 is 0 Å². The van der Waals surface area contributed by atoms with Crippen LogP contribution in [0.25, 0.3) is 0 Å². The van der Waals surface area contributed by atoms with Gasteiger partial charge in [0.25, 0.3) is 0 Å². The number of benzene rings is 2. The Morgan fingerprint density at radius 2 is 1.85 bits per heavy atom. The molecule has 1 aliphatic heterocycles. The van der Waals surface area contributed by atoms with E-state index in [0.717, 1.165) is 24.5 Å². The molecule has 1 atom stereocenters. The standard InChI is InChI=1S/C21H26N2O3/c1-2-23(14-18-16-25-19-10-6-7-11-20(19)26-18)15-21(24)22-13-12-17-8-4-3-5-9-17/h3-11,18H,2,12-16H2,1H3,(H,22,24). The summed E-state index contributed by atoms with van der Waals surface area (Å²) in [5.74, 6) is 1.59. The van der Waals surface area contributed by atoms with Crippen molar-refractivity contribution in [3.8, 4) is 11.5 Å². The average Bonchev–Trinajstić information content (AvgIpc) is 2.68. The molecule has 0 radical (unpaired) electrons. The van der Waals surface area contributed by atoms with Crippen LogP contribution in [0.15, 0.2) is 54.6 Å². The summed E-state index contributed by atoms with van der Waals surface area (Å²) >= 11 is 0. The Balaban J connectivity index is 1.42. The molecule has 0 aliphatic carbocycles. The lowest BCUT2D eigenvalue weighted by Gasteiger charge is -2.30. The third-order valence-corrected chi connectivity index (χ3v) is 4.42. The molecule has 1 N–H and O–H groups in total. The van der Waals surface area contributed by atoms with Crippen molar-refractivity contribution in [1.29, 1.82) is 0 Å². The smallest absolute Gasteiger partial charge is 0.234 e. The van der Waals surface area contributed by atoms with Gasteiger partial charge < -0.3 is 14.8 Å². The van der Waals surface area contributed by atoms with Crippen LogP contribution in [0.4, 0.5) is 0 Å². The van der Waals surface area contributed by atoms with Gasteiger partial charge >= 0.3 is 0 Å². The van der Waals surface area contributed by atoms with Crippen molar-refractivity contribution < 1.29 is 14.3 Å². The average molecular weight is 354 g/mol. The van der Waals surface area contributed by atoms with Crippen molar-refractivity contribution in [2.45, 2.75) is 19.4 Å². The maximum atomic E-state index is 12.2. The Bertz CT molecular complexity index is 705. The van der Waals surface area contributed by atoms with Crippen LogP contribution in [0.1, 0.15) is 12.5 Å². The highest BCUT2D eigenvalue weighted by Gasteiger charge is 2.23. The number of ether oxygens (including phenoxy) is 2. The van der Waals surface area contributed by atoms with Gasteiger partial charge in [0.2, 0.25) is 5.91 Å². The van der Waals surface area contributed by atoms with Crippen molar-refractivity contribution in [2.24, 2.45) is 0 Å². The zero-order valence-electron chi connectivity index (χ0n) is 15.2. The normalized spacial score (nSPS) is 15.7. The highest BCUT2D eigenvalue weighted by Crippen LogP contribution is 2.30. The fourth-order valence-corrected chi connectivity index (χ4v) is 3.00. The van der Waals surface area contributed by atoms with E-state index in [9.17, 15) is 4.79 Å². The van der Waals surface area contributed by atoms with Gasteiger partial charge in [-0.2, -0.15) is 0 Å². The van der Waals surface area contributed by atoms with E-state index in [2.05, 4.69) is 29.3 Å². The highest BCUT2D eigenvalue weighted by molar-refractivity contribution is 5.78. The van der Waals surface area contributed by atoms with Gasteiger partial charge in [-0.25, -0.2) is 0 Å². The fourth-order valence-electron chi connectivity index (χ4n) is 3.00. The predicted molar refractivity (Wildman–Crippen MR) is 102 cm³/mol. The van der Waals surface area contributed by atoms with Gasteiger partial charge in [0.1, 0.15) is 12.7 Å². The largest absolute Gasteiger partial charge is 0.486 e. The molecular formula is C21H26N2O3. The maximum Gasteiger partial charge on any atom is 0.234 e. The van der Waals surface area contributed by atoms with Crippen LogP contribution >= 0.6 is 0 Å². The van der Waals surface area contributed by atoms with Crippen molar-refractivity contribution in [3.05, 3.63) is 60.2 Å². The monoisotopic (exact) mass is 354 g/mol. The third kappa shape index (κ3) is 5.23. The number of fused-ring (bicyclic) bond motifs is 1. The Labute approximate surface area is 154 Å². The molecular weight excluding hydrogens is 328 g/mol. The van der Waals surface area contributed by atoms with E-state index in [1.807, 2.05) is 42.5 Å². The molecule has 1 unspecified atom stereocenters. The summed E-state index contributed by atoms with van der Waals surface area (Å²) in [5, 5.41) is 3.00. The van der Waals surface area contributed by atoms with E-state index in [0.29, 0.717) is 26.2 Å². The number of hydrogen-bond acceptors (Lipinski definition) is 4. The molecule has 1 heterocycles. The topological polar surface area (TPSA) is 50.8 Å². The minimum atomic E-state index is -0.0676. The lowest BCUT2D eigenvalue weighted by molar-refractivity contribution is -0.122. The maximum absolute atomic E-state index is 12.2. The second-order valence-electron chi connectivity index (χ2n) is 6.41. The summed E-state index contributed by atoms with van der Waals surface area (Å²) in [6, 6.07) is 17.9. The number of nitrogens with one attached hydrogen (secondary N) is 1. The van der Waals surface area contributed by atoms with Crippen LogP contribution in [0, 0.1) is 0 Å². The van der Waals surface area contributed by atoms with Gasteiger partial charge in [-0.1, -0.05) is 49.4 Å². The number of carbonyl (C=O) groups excluding carboxylic acids is 1. The van der Waals surface area contributed by atoms with Crippen molar-refractivity contribution in [1.82, 2.24) is 10.2 Å². The number of likely N-dealkylation sites (N-methyl/N-ethyl adjacent to an activating group) is 1. The van der Waals surface area contributed by atoms with Crippen LogP contribution in [0.2, 0.25) is 0 Å². The van der Waals surface area contributed by atoms with E-state index in [1.165, 1.54) is 5.56 Å². The summed E-state index contributed by atoms with van der Waals surface area (Å²) in [7, 11) is 0. The van der Waals surface area contributed by atoms with E-state index in [1.54, 1.807) is 0 Å². The minimum Gasteiger partial charge on any atom is -0.486 e. The predicted octanol–water partition coefficient (Wildman–Crippen LogP) is 2.51. The lowest BCUT2D eigenvalue weighted by Crippen LogP contribution is -2.45. The number of carbonyl (C=O) groups is 1. The second kappa shape index (κ2) is 9.25. The van der Waals surface area contributed by atoms with Gasteiger partial charge in [-0.3, -0.25) is 9.69 Å². The Hall–Kier alpha value is -2.53. The van der Waals surface area contributed by atoms with Gasteiger partial charge in [-0.05, 0) is 30.7 Å². The van der Waals surface area contributed by atoms with Gasteiger partial charge in [0.15, 0.2) is 11.5 Å². The number of amides is 1. The van der Waals surface area contributed by atoms with Crippen LogP contribution < -0.4 is 14.8 Å². The molecule has 0 saturated carbocycles. The van der Waals surface area contributed by atoms with Crippen LogP contribution in [-0.2, 0) is 11.2 Å². The van der Waals surface area contributed by atoms with E-state index in [4.69, 9.17) is 9.47 Å². The molecule has 0 fully saturated rings. The number of hydrogen-bond donors (Lipinski definition) is 1. The summed E-state index contributed by atoms with van der Waals surface area (Å²) in [6.07, 6.45) is 0.775. The van der Waals surface area contributed by atoms with Crippen molar-refractivity contribution >= 4 is 5.91 Å². The first-order valence-electron chi connectivity index (χ1n) is 9.16. The zero-order chi connectivity index (χ0) is 18.2. The molecule has 138 valence electrons. The quantitative estimate of drug-likeness (QED) is 0.791. The Morgan fingerprint density at radius 1 is 1.12 bits per heavy atom. The fraction of sp³-hybridized carbons (Fsp3) is 0.381. The molecule has 26 heavy (non-hydrogen) atoms. The Kier molecular flexibility index (Phi) is 6.50. The van der Waals surface area contributed by atoms with Gasteiger partial charge in [0, 0.05) is 13.1 Å². The summed E-state index contributed by atoms with van der Waals surface area (Å²) < 4.78 is 11.7. The van der Waals surface area contributed by atoms with Gasteiger partial charge in [-0.15, -0.1) is 0 Å². The number of para-hydroxylation sites is 2. The molecule has 1 amide bonds. The minimum absolute atomic E-state index is 0.0416. The molecule has 2 aromatic rings. The van der Waals surface area contributed by atoms with E-state index >= 15 is 0 Å². The first-order chi connectivity index (χ1) is 12.7. The molecule has 2 aromatic carbocycles. The van der Waals surface area contributed by atoms with Crippen LogP contribution in [0.3, 0.4) is 0 Å². The third-order valence-electron chi connectivity index (χ3n) is 4.42. The number of nitrogens with zero attached hydrogens (tertiary/aromatic N) is 1. The van der Waals surface area contributed by atoms with Gasteiger partial charge in [0.05, 0.1) is 6.54 Å². The van der Waals surface area contributed by atoms with Crippen LogP contribution in [-0.4, -0.2) is 49.7 Å². The molecule has 0 bridgehead atoms. The van der Waals surface area contributed by atoms with E-state index in [-0.39, 0.29) is 12.0 Å². The molecule has 5 nitrogen and oxygen atoms in total. The van der Waals surface area contributed by atoms with Crippen molar-refractivity contribution in [3.63, 3.8) is 0 Å². The summed E-state index contributed by atoms with van der Waals surface area (Å²) in [4.78, 5) is 14.3. The molecule has 0 spiro atoms.